The third kappa shape index (κ3) is 1.66. The van der Waals surface area contributed by atoms with Crippen LogP contribution in [-0.2, 0) is 15.0 Å². The highest BCUT2D eigenvalue weighted by Crippen LogP contribution is 2.48. The van der Waals surface area contributed by atoms with Crippen LogP contribution in [0.3, 0.4) is 0 Å². The molecule has 1 aromatic rings. The van der Waals surface area contributed by atoms with Crippen LogP contribution in [0.5, 0.6) is 0 Å². The van der Waals surface area contributed by atoms with Gasteiger partial charge < -0.3 is 5.73 Å². The van der Waals surface area contributed by atoms with Crippen molar-refractivity contribution in [3.8, 4) is 0 Å². The third-order valence-corrected chi connectivity index (χ3v) is 4.76. The van der Waals surface area contributed by atoms with E-state index in [1.165, 1.54) is 6.07 Å². The quantitative estimate of drug-likeness (QED) is 0.616. The molecule has 1 aromatic carbocycles. The van der Waals surface area contributed by atoms with Crippen LogP contribution in [0.4, 0.5) is 10.1 Å². The average Bonchev–Trinajstić information content (AvgIpc) is 2.67. The average molecular weight is 297 g/mol. The monoisotopic (exact) mass is 296 g/mol. The summed E-state index contributed by atoms with van der Waals surface area (Å²) >= 11 is 5.80. The number of carbonyl (C=O) groups is 2. The Morgan fingerprint density at radius 2 is 2.10 bits per heavy atom. The summed E-state index contributed by atoms with van der Waals surface area (Å²) in [7, 11) is 0. The van der Waals surface area contributed by atoms with Gasteiger partial charge in [-0.1, -0.05) is 24.4 Å². The number of nitrogen functional groups attached to an aromatic ring is 1. The van der Waals surface area contributed by atoms with Crippen LogP contribution in [-0.4, -0.2) is 11.8 Å². The van der Waals surface area contributed by atoms with Gasteiger partial charge in [-0.25, -0.2) is 4.39 Å². The van der Waals surface area contributed by atoms with Gasteiger partial charge in [0.05, 0.1) is 22.0 Å². The van der Waals surface area contributed by atoms with Crippen LogP contribution in [0, 0.1) is 11.7 Å². The lowest BCUT2D eigenvalue weighted by Crippen LogP contribution is -2.42. The minimum absolute atomic E-state index is 0.111. The number of fused-ring (bicyclic) bond motifs is 1. The summed E-state index contributed by atoms with van der Waals surface area (Å²) < 4.78 is 14.3. The van der Waals surface area contributed by atoms with Gasteiger partial charge in [0, 0.05) is 5.56 Å². The zero-order valence-electron chi connectivity index (χ0n) is 10.7. The molecule has 2 aliphatic rings. The first-order chi connectivity index (χ1) is 9.46. The molecule has 3 N–H and O–H groups in total. The molecule has 0 bridgehead atoms. The van der Waals surface area contributed by atoms with E-state index < -0.39 is 23.1 Å². The van der Waals surface area contributed by atoms with E-state index in [2.05, 4.69) is 5.32 Å². The van der Waals surface area contributed by atoms with E-state index in [9.17, 15) is 14.0 Å². The summed E-state index contributed by atoms with van der Waals surface area (Å²) in [6.45, 7) is 0. The molecule has 20 heavy (non-hydrogen) atoms. The van der Waals surface area contributed by atoms with E-state index in [1.54, 1.807) is 0 Å². The number of imide groups is 1. The molecule has 4 nitrogen and oxygen atoms in total. The molecule has 2 unspecified atom stereocenters. The Balaban J connectivity index is 2.21. The second-order valence-electron chi connectivity index (χ2n) is 5.44. The van der Waals surface area contributed by atoms with Crippen molar-refractivity contribution in [3.05, 3.63) is 28.5 Å². The second-order valence-corrected chi connectivity index (χ2v) is 5.85. The van der Waals surface area contributed by atoms with Crippen molar-refractivity contribution < 1.29 is 14.0 Å². The third-order valence-electron chi connectivity index (χ3n) is 4.43. The molecule has 1 saturated carbocycles. The molecular weight excluding hydrogens is 283 g/mol. The van der Waals surface area contributed by atoms with E-state index >= 15 is 0 Å². The smallest absolute Gasteiger partial charge is 0.238 e. The molecule has 1 heterocycles. The second kappa shape index (κ2) is 4.45. The molecule has 2 amide bonds. The molecule has 1 aliphatic heterocycles. The zero-order chi connectivity index (χ0) is 14.5. The molecule has 3 rings (SSSR count). The Labute approximate surface area is 120 Å². The highest BCUT2D eigenvalue weighted by Gasteiger charge is 2.57. The molecule has 1 saturated heterocycles. The number of nitrogens with one attached hydrogen (secondary N) is 1. The molecule has 1 aliphatic carbocycles. The van der Waals surface area contributed by atoms with Crippen molar-refractivity contribution in [3.63, 3.8) is 0 Å². The molecule has 2 fully saturated rings. The lowest BCUT2D eigenvalue weighted by molar-refractivity contribution is -0.126. The summed E-state index contributed by atoms with van der Waals surface area (Å²) in [4.78, 5) is 24.3. The van der Waals surface area contributed by atoms with Gasteiger partial charge in [-0.2, -0.15) is 0 Å². The summed E-state index contributed by atoms with van der Waals surface area (Å²) in [6.07, 6.45) is 2.67. The number of halogens is 2. The number of nitrogens with two attached hydrogens (primary N) is 1. The van der Waals surface area contributed by atoms with Crippen LogP contribution in [0.2, 0.25) is 5.02 Å². The Bertz CT molecular complexity index is 619. The van der Waals surface area contributed by atoms with Gasteiger partial charge in [0.1, 0.15) is 5.82 Å². The van der Waals surface area contributed by atoms with Gasteiger partial charge in [-0.3, -0.25) is 14.9 Å². The van der Waals surface area contributed by atoms with Crippen molar-refractivity contribution in [2.45, 2.75) is 31.1 Å². The van der Waals surface area contributed by atoms with Crippen LogP contribution >= 0.6 is 11.6 Å². The summed E-state index contributed by atoms with van der Waals surface area (Å²) in [5.74, 6) is -1.84. The van der Waals surface area contributed by atoms with Gasteiger partial charge in [-0.15, -0.1) is 0 Å². The minimum Gasteiger partial charge on any atom is -0.398 e. The fourth-order valence-electron chi connectivity index (χ4n) is 3.46. The van der Waals surface area contributed by atoms with E-state index in [-0.39, 0.29) is 22.2 Å². The fourth-order valence-corrected chi connectivity index (χ4v) is 3.61. The van der Waals surface area contributed by atoms with Crippen molar-refractivity contribution in [1.82, 2.24) is 5.32 Å². The molecular formula is C14H14ClFN2O2. The first kappa shape index (κ1) is 13.4. The molecule has 106 valence electrons. The normalized spacial score (nSPS) is 29.2. The van der Waals surface area contributed by atoms with Crippen molar-refractivity contribution in [2.75, 3.05) is 5.73 Å². The standard InChI is InChI=1S/C14H14ClFN2O2/c15-9-6-10(16)8(5-11(9)17)14-4-2-1-3-7(14)12(19)18-13(14)20/h5-7H,1-4,17H2,(H,18,19,20). The largest absolute Gasteiger partial charge is 0.398 e. The summed E-state index contributed by atoms with van der Waals surface area (Å²) in [5.41, 5.74) is 5.02. The molecule has 2 atom stereocenters. The predicted octanol–water partition coefficient (Wildman–Crippen LogP) is 2.15. The van der Waals surface area contributed by atoms with Gasteiger partial charge in [-0.05, 0) is 25.0 Å². The van der Waals surface area contributed by atoms with E-state index in [4.69, 9.17) is 17.3 Å². The van der Waals surface area contributed by atoms with Crippen LogP contribution < -0.4 is 11.1 Å². The Kier molecular flexibility index (Phi) is 2.97. The Hall–Kier alpha value is -1.62. The van der Waals surface area contributed by atoms with E-state index in [0.717, 1.165) is 18.9 Å². The van der Waals surface area contributed by atoms with Crippen molar-refractivity contribution in [1.29, 1.82) is 0 Å². The summed E-state index contributed by atoms with van der Waals surface area (Å²) in [5, 5.41) is 2.45. The number of hydrogen-bond donors (Lipinski definition) is 2. The van der Waals surface area contributed by atoms with Crippen molar-refractivity contribution >= 4 is 29.1 Å². The highest BCUT2D eigenvalue weighted by atomic mass is 35.5. The molecule has 0 radical (unpaired) electrons. The van der Waals surface area contributed by atoms with Gasteiger partial charge in [0.2, 0.25) is 11.8 Å². The van der Waals surface area contributed by atoms with Gasteiger partial charge in [0.15, 0.2) is 0 Å². The topological polar surface area (TPSA) is 72.2 Å². The lowest BCUT2D eigenvalue weighted by atomic mass is 9.63. The van der Waals surface area contributed by atoms with Crippen LogP contribution in [0.25, 0.3) is 0 Å². The Morgan fingerprint density at radius 3 is 2.85 bits per heavy atom. The van der Waals surface area contributed by atoms with E-state index in [0.29, 0.717) is 12.8 Å². The maximum Gasteiger partial charge on any atom is 0.238 e. The molecule has 6 heteroatoms. The Morgan fingerprint density at radius 1 is 1.35 bits per heavy atom. The maximum atomic E-state index is 14.3. The van der Waals surface area contributed by atoms with Crippen molar-refractivity contribution in [2.24, 2.45) is 5.92 Å². The number of rotatable bonds is 1. The SMILES string of the molecule is Nc1cc(C23CCCCC2C(=O)NC3=O)c(F)cc1Cl. The van der Waals surface area contributed by atoms with Gasteiger partial charge in [0.25, 0.3) is 0 Å². The minimum atomic E-state index is -1.13. The number of amides is 2. The predicted molar refractivity (Wildman–Crippen MR) is 72.6 cm³/mol. The number of carbonyl (C=O) groups excluding carboxylic acids is 2. The number of hydrogen-bond acceptors (Lipinski definition) is 3. The van der Waals surface area contributed by atoms with Gasteiger partial charge >= 0.3 is 0 Å². The number of anilines is 1. The molecule has 0 aromatic heterocycles. The molecule has 0 spiro atoms. The first-order valence-electron chi connectivity index (χ1n) is 6.57. The van der Waals surface area contributed by atoms with Crippen LogP contribution in [0.1, 0.15) is 31.2 Å². The summed E-state index contributed by atoms with van der Waals surface area (Å²) in [6, 6.07) is 2.51. The highest BCUT2D eigenvalue weighted by molar-refractivity contribution is 6.33. The zero-order valence-corrected chi connectivity index (χ0v) is 11.5. The lowest BCUT2D eigenvalue weighted by Gasteiger charge is -2.36. The van der Waals surface area contributed by atoms with Crippen LogP contribution in [0.15, 0.2) is 12.1 Å². The number of benzene rings is 1. The fraction of sp³-hybridized carbons (Fsp3) is 0.429. The first-order valence-corrected chi connectivity index (χ1v) is 6.95. The maximum absolute atomic E-state index is 14.3. The van der Waals surface area contributed by atoms with E-state index in [1.807, 2.05) is 0 Å².